The molecular weight excluding hydrogens is 278 g/mol. The lowest BCUT2D eigenvalue weighted by molar-refractivity contribution is 0.0887. The fourth-order valence-electron chi connectivity index (χ4n) is 2.02. The third-order valence-corrected chi connectivity index (χ3v) is 4.60. The average molecular weight is 299 g/mol. The molecule has 112 valence electrons. The molecule has 1 saturated heterocycles. The van der Waals surface area contributed by atoms with Crippen molar-refractivity contribution in [1.29, 1.82) is 0 Å². The number of carbonyl (C=O) groups excluding carboxylic acids is 1. The van der Waals surface area contributed by atoms with Gasteiger partial charge in [0.1, 0.15) is 5.69 Å². The second-order valence-electron chi connectivity index (χ2n) is 5.22. The molecule has 1 fully saturated rings. The standard InChI is InChI=1S/C13H21N3O3S/c1-3-8(2)10(6-17)14-12(19)11-7-20-13(15-11)16-4-9(18)5-16/h7-10,17-18H,3-6H2,1-2H3,(H,14,19)/t8-,10+/m0/s1. The zero-order valence-electron chi connectivity index (χ0n) is 11.7. The predicted octanol–water partition coefficient (Wildman–Crippen LogP) is 0.461. The number of carbonyl (C=O) groups is 1. The van der Waals surface area contributed by atoms with E-state index >= 15 is 0 Å². The molecule has 1 aliphatic heterocycles. The topological polar surface area (TPSA) is 85.7 Å². The van der Waals surface area contributed by atoms with Gasteiger partial charge >= 0.3 is 0 Å². The second-order valence-corrected chi connectivity index (χ2v) is 6.06. The molecule has 2 heterocycles. The van der Waals surface area contributed by atoms with Crippen LogP contribution in [0.15, 0.2) is 5.38 Å². The molecule has 0 saturated carbocycles. The van der Waals surface area contributed by atoms with Crippen molar-refractivity contribution in [2.45, 2.75) is 32.4 Å². The SMILES string of the molecule is CC[C@H](C)[C@@H](CO)NC(=O)c1csc(N2CC(O)C2)n1. The van der Waals surface area contributed by atoms with Crippen molar-refractivity contribution in [3.8, 4) is 0 Å². The Balaban J connectivity index is 1.95. The molecule has 0 unspecified atom stereocenters. The fourth-order valence-corrected chi connectivity index (χ4v) is 2.85. The van der Waals surface area contributed by atoms with Gasteiger partial charge in [-0.15, -0.1) is 11.3 Å². The number of aliphatic hydroxyl groups is 2. The number of thiazole rings is 1. The monoisotopic (exact) mass is 299 g/mol. The summed E-state index contributed by atoms with van der Waals surface area (Å²) in [5.74, 6) is -0.0412. The number of rotatable bonds is 6. The van der Waals surface area contributed by atoms with Crippen molar-refractivity contribution < 1.29 is 15.0 Å². The lowest BCUT2D eigenvalue weighted by Gasteiger charge is -2.35. The van der Waals surface area contributed by atoms with Crippen LogP contribution in [0.4, 0.5) is 5.13 Å². The van der Waals surface area contributed by atoms with Crippen LogP contribution in [0.5, 0.6) is 0 Å². The summed E-state index contributed by atoms with van der Waals surface area (Å²) < 4.78 is 0. The molecular formula is C13H21N3O3S. The van der Waals surface area contributed by atoms with E-state index in [4.69, 9.17) is 0 Å². The van der Waals surface area contributed by atoms with Crippen LogP contribution < -0.4 is 10.2 Å². The summed E-state index contributed by atoms with van der Waals surface area (Å²) in [4.78, 5) is 18.3. The van der Waals surface area contributed by atoms with E-state index in [-0.39, 0.29) is 30.6 Å². The normalized spacial score (nSPS) is 18.5. The van der Waals surface area contributed by atoms with E-state index in [1.165, 1.54) is 11.3 Å². The molecule has 6 nitrogen and oxygen atoms in total. The summed E-state index contributed by atoms with van der Waals surface area (Å²) in [6.45, 7) is 5.09. The van der Waals surface area contributed by atoms with Crippen LogP contribution in [0, 0.1) is 5.92 Å². The van der Waals surface area contributed by atoms with E-state index in [1.54, 1.807) is 5.38 Å². The van der Waals surface area contributed by atoms with Gasteiger partial charge in [-0.25, -0.2) is 4.98 Å². The molecule has 3 N–H and O–H groups in total. The minimum Gasteiger partial charge on any atom is -0.394 e. The van der Waals surface area contributed by atoms with Gasteiger partial charge in [-0.3, -0.25) is 4.79 Å². The molecule has 1 aromatic rings. The van der Waals surface area contributed by atoms with E-state index in [0.717, 1.165) is 11.6 Å². The summed E-state index contributed by atoms with van der Waals surface area (Å²) in [6, 6.07) is -0.247. The highest BCUT2D eigenvalue weighted by Gasteiger charge is 2.27. The first-order valence-electron chi connectivity index (χ1n) is 6.85. The Hall–Kier alpha value is -1.18. The molecule has 20 heavy (non-hydrogen) atoms. The molecule has 0 aromatic carbocycles. The van der Waals surface area contributed by atoms with Crippen molar-refractivity contribution >= 4 is 22.4 Å². The van der Waals surface area contributed by atoms with Crippen LogP contribution in [0.25, 0.3) is 0 Å². The van der Waals surface area contributed by atoms with E-state index in [9.17, 15) is 15.0 Å². The number of β-amino-alcohol motifs (C(OH)–C–C–N with tert-alkyl or cyclic N) is 1. The summed E-state index contributed by atoms with van der Waals surface area (Å²) in [7, 11) is 0. The van der Waals surface area contributed by atoms with Crippen LogP contribution in [0.1, 0.15) is 30.8 Å². The maximum absolute atomic E-state index is 12.1. The smallest absolute Gasteiger partial charge is 0.271 e. The molecule has 0 aliphatic carbocycles. The van der Waals surface area contributed by atoms with Crippen molar-refractivity contribution in [1.82, 2.24) is 10.3 Å². The summed E-state index contributed by atoms with van der Waals surface area (Å²) in [5.41, 5.74) is 0.369. The summed E-state index contributed by atoms with van der Waals surface area (Å²) in [6.07, 6.45) is 0.597. The average Bonchev–Trinajstić information content (AvgIpc) is 2.89. The first-order valence-corrected chi connectivity index (χ1v) is 7.73. The predicted molar refractivity (Wildman–Crippen MR) is 78.1 cm³/mol. The Labute approximate surface area is 122 Å². The number of hydrogen-bond acceptors (Lipinski definition) is 6. The van der Waals surface area contributed by atoms with Gasteiger partial charge < -0.3 is 20.4 Å². The molecule has 0 radical (unpaired) electrons. The van der Waals surface area contributed by atoms with Gasteiger partial charge in [0.05, 0.1) is 18.8 Å². The lowest BCUT2D eigenvalue weighted by Crippen LogP contribution is -2.50. The van der Waals surface area contributed by atoms with Gasteiger partial charge in [0, 0.05) is 18.5 Å². The first kappa shape index (κ1) is 15.2. The summed E-state index contributed by atoms with van der Waals surface area (Å²) >= 11 is 1.39. The molecule has 2 atom stereocenters. The van der Waals surface area contributed by atoms with E-state index < -0.39 is 0 Å². The van der Waals surface area contributed by atoms with E-state index in [0.29, 0.717) is 18.8 Å². The number of nitrogens with zero attached hydrogens (tertiary/aromatic N) is 2. The first-order chi connectivity index (χ1) is 9.55. The van der Waals surface area contributed by atoms with Crippen molar-refractivity contribution in [2.75, 3.05) is 24.6 Å². The highest BCUT2D eigenvalue weighted by Crippen LogP contribution is 2.25. The minimum absolute atomic E-state index is 0.0734. The maximum atomic E-state index is 12.1. The Morgan fingerprint density at radius 2 is 2.35 bits per heavy atom. The zero-order valence-corrected chi connectivity index (χ0v) is 12.6. The van der Waals surface area contributed by atoms with Crippen LogP contribution in [-0.2, 0) is 0 Å². The number of hydrogen-bond donors (Lipinski definition) is 3. The van der Waals surface area contributed by atoms with Gasteiger partial charge in [-0.2, -0.15) is 0 Å². The quantitative estimate of drug-likeness (QED) is 0.710. The van der Waals surface area contributed by atoms with Gasteiger partial charge in [-0.05, 0) is 5.92 Å². The van der Waals surface area contributed by atoms with Gasteiger partial charge in [-0.1, -0.05) is 20.3 Å². The number of aromatic nitrogens is 1. The molecule has 0 bridgehead atoms. The van der Waals surface area contributed by atoms with Crippen LogP contribution in [0.3, 0.4) is 0 Å². The Morgan fingerprint density at radius 3 is 2.90 bits per heavy atom. The van der Waals surface area contributed by atoms with Crippen molar-refractivity contribution in [2.24, 2.45) is 5.92 Å². The van der Waals surface area contributed by atoms with Gasteiger partial charge in [0.15, 0.2) is 5.13 Å². The Morgan fingerprint density at radius 1 is 1.65 bits per heavy atom. The fraction of sp³-hybridized carbons (Fsp3) is 0.692. The second kappa shape index (κ2) is 6.51. The van der Waals surface area contributed by atoms with Gasteiger partial charge in [0.2, 0.25) is 0 Å². The molecule has 1 aromatic heterocycles. The van der Waals surface area contributed by atoms with Crippen LogP contribution in [-0.4, -0.2) is 52.9 Å². The third-order valence-electron chi connectivity index (χ3n) is 3.70. The molecule has 1 aliphatic rings. The number of aliphatic hydroxyl groups excluding tert-OH is 2. The summed E-state index contributed by atoms with van der Waals surface area (Å²) in [5, 5.41) is 23.9. The number of nitrogens with one attached hydrogen (secondary N) is 1. The molecule has 2 rings (SSSR count). The highest BCUT2D eigenvalue weighted by molar-refractivity contribution is 7.14. The molecule has 0 spiro atoms. The Kier molecular flexibility index (Phi) is 4.95. The minimum atomic E-state index is -0.291. The molecule has 1 amide bonds. The molecule has 7 heteroatoms. The van der Waals surface area contributed by atoms with Crippen LogP contribution >= 0.6 is 11.3 Å². The van der Waals surface area contributed by atoms with Crippen molar-refractivity contribution in [3.05, 3.63) is 11.1 Å². The van der Waals surface area contributed by atoms with Gasteiger partial charge in [0.25, 0.3) is 5.91 Å². The maximum Gasteiger partial charge on any atom is 0.271 e. The zero-order chi connectivity index (χ0) is 14.7. The number of anilines is 1. The van der Waals surface area contributed by atoms with Crippen LogP contribution in [0.2, 0.25) is 0 Å². The largest absolute Gasteiger partial charge is 0.394 e. The third kappa shape index (κ3) is 3.28. The van der Waals surface area contributed by atoms with Crippen molar-refractivity contribution in [3.63, 3.8) is 0 Å². The number of amides is 1. The van der Waals surface area contributed by atoms with E-state index in [2.05, 4.69) is 10.3 Å². The lowest BCUT2D eigenvalue weighted by atomic mass is 10.00. The highest BCUT2D eigenvalue weighted by atomic mass is 32.1. The Bertz CT molecular complexity index is 459. The van der Waals surface area contributed by atoms with E-state index in [1.807, 2.05) is 18.7 Å².